The summed E-state index contributed by atoms with van der Waals surface area (Å²) in [6.07, 6.45) is 0. The van der Waals surface area contributed by atoms with Crippen LogP contribution in [0.15, 0.2) is 23.6 Å². The van der Waals surface area contributed by atoms with Crippen LogP contribution >= 0.6 is 11.3 Å². The molecule has 0 aliphatic carbocycles. The molecule has 0 radical (unpaired) electrons. The third kappa shape index (κ3) is 4.26. The van der Waals surface area contributed by atoms with E-state index in [0.29, 0.717) is 10.8 Å². The summed E-state index contributed by atoms with van der Waals surface area (Å²) in [5.41, 5.74) is 6.71. The molecule has 2 aromatic heterocycles. The molecule has 2 heterocycles. The average Bonchev–Trinajstić information content (AvgIpc) is 2.97. The van der Waals surface area contributed by atoms with E-state index in [4.69, 9.17) is 0 Å². The second-order valence-corrected chi connectivity index (χ2v) is 5.71. The van der Waals surface area contributed by atoms with Crippen molar-refractivity contribution in [2.75, 3.05) is 5.43 Å². The Kier molecular flexibility index (Phi) is 5.05. The van der Waals surface area contributed by atoms with Gasteiger partial charge in [-0.1, -0.05) is 6.07 Å². The van der Waals surface area contributed by atoms with Crippen molar-refractivity contribution in [3.05, 3.63) is 39.8 Å². The van der Waals surface area contributed by atoms with Gasteiger partial charge in [-0.15, -0.1) is 11.3 Å². The highest BCUT2D eigenvalue weighted by molar-refractivity contribution is 7.12. The van der Waals surface area contributed by atoms with Gasteiger partial charge in [0.25, 0.3) is 11.8 Å². The normalized spacial score (nSPS) is 11.6. The zero-order chi connectivity index (χ0) is 16.1. The lowest BCUT2D eigenvalue weighted by Crippen LogP contribution is -2.46. The monoisotopic (exact) mass is 319 g/mol. The van der Waals surface area contributed by atoms with Crippen LogP contribution in [0, 0.1) is 13.8 Å². The number of thiophene rings is 1. The average molecular weight is 319 g/mol. The van der Waals surface area contributed by atoms with Crippen LogP contribution in [0.5, 0.6) is 0 Å². The molecule has 1 unspecified atom stereocenters. The van der Waals surface area contributed by atoms with Gasteiger partial charge in [0.2, 0.25) is 5.95 Å². The molecule has 0 bridgehead atoms. The van der Waals surface area contributed by atoms with Gasteiger partial charge in [0.05, 0.1) is 4.88 Å². The van der Waals surface area contributed by atoms with Gasteiger partial charge in [-0.3, -0.25) is 20.4 Å². The van der Waals surface area contributed by atoms with Gasteiger partial charge >= 0.3 is 0 Å². The van der Waals surface area contributed by atoms with Crippen LogP contribution in [0.2, 0.25) is 0 Å². The van der Waals surface area contributed by atoms with E-state index in [1.807, 2.05) is 19.9 Å². The molecule has 1 atom stereocenters. The zero-order valence-corrected chi connectivity index (χ0v) is 13.3. The standard InChI is InChI=1S/C14H17N5O2S/c1-8-7-9(2)16-14(15-8)19-18-12(20)10(3)17-13(21)11-5-4-6-22-11/h4-7,10H,1-3H3,(H,17,21)(H,18,20)(H,15,16,19). The Morgan fingerprint density at radius 2 is 1.91 bits per heavy atom. The fourth-order valence-electron chi connectivity index (χ4n) is 1.75. The number of anilines is 1. The van der Waals surface area contributed by atoms with Gasteiger partial charge in [0.15, 0.2) is 0 Å². The van der Waals surface area contributed by atoms with Gasteiger partial charge in [0.1, 0.15) is 6.04 Å². The van der Waals surface area contributed by atoms with Crippen molar-refractivity contribution in [2.45, 2.75) is 26.8 Å². The third-order valence-corrected chi connectivity index (χ3v) is 3.63. The maximum atomic E-state index is 12.0. The first-order chi connectivity index (χ1) is 10.5. The molecule has 2 aromatic rings. The Hall–Kier alpha value is -2.48. The number of carbonyl (C=O) groups excluding carboxylic acids is 2. The largest absolute Gasteiger partial charge is 0.340 e. The summed E-state index contributed by atoms with van der Waals surface area (Å²) in [4.78, 5) is 32.7. The van der Waals surface area contributed by atoms with Crippen molar-refractivity contribution < 1.29 is 9.59 Å². The minimum atomic E-state index is -0.687. The molecule has 0 saturated carbocycles. The van der Waals surface area contributed by atoms with E-state index in [2.05, 4.69) is 26.1 Å². The molecule has 116 valence electrons. The van der Waals surface area contributed by atoms with Crippen molar-refractivity contribution >= 4 is 29.1 Å². The topological polar surface area (TPSA) is 96.0 Å². The number of amides is 2. The van der Waals surface area contributed by atoms with E-state index in [-0.39, 0.29) is 11.8 Å². The Bertz CT molecular complexity index is 652. The first-order valence-electron chi connectivity index (χ1n) is 6.68. The lowest BCUT2D eigenvalue weighted by Gasteiger charge is -2.14. The fourth-order valence-corrected chi connectivity index (χ4v) is 2.38. The summed E-state index contributed by atoms with van der Waals surface area (Å²) in [6, 6.07) is 4.62. The predicted molar refractivity (Wildman–Crippen MR) is 84.5 cm³/mol. The predicted octanol–water partition coefficient (Wildman–Crippen LogP) is 1.42. The number of rotatable bonds is 5. The van der Waals surface area contributed by atoms with Crippen molar-refractivity contribution in [3.63, 3.8) is 0 Å². The SMILES string of the molecule is Cc1cc(C)nc(NNC(=O)C(C)NC(=O)c2cccs2)n1. The van der Waals surface area contributed by atoms with Gasteiger partial charge < -0.3 is 5.32 Å². The highest BCUT2D eigenvalue weighted by Gasteiger charge is 2.17. The molecule has 0 aliphatic rings. The minimum absolute atomic E-state index is 0.277. The van der Waals surface area contributed by atoms with Crippen LogP contribution in [0.1, 0.15) is 28.0 Å². The lowest BCUT2D eigenvalue weighted by atomic mass is 10.3. The summed E-state index contributed by atoms with van der Waals surface area (Å²) in [6.45, 7) is 5.28. The van der Waals surface area contributed by atoms with Crippen LogP contribution < -0.4 is 16.2 Å². The molecule has 3 N–H and O–H groups in total. The molecule has 2 rings (SSSR count). The molecular weight excluding hydrogens is 302 g/mol. The van der Waals surface area contributed by atoms with E-state index in [1.54, 1.807) is 24.4 Å². The summed E-state index contributed by atoms with van der Waals surface area (Å²) in [5, 5.41) is 4.42. The summed E-state index contributed by atoms with van der Waals surface area (Å²) < 4.78 is 0. The Morgan fingerprint density at radius 1 is 1.23 bits per heavy atom. The van der Waals surface area contributed by atoms with E-state index in [0.717, 1.165) is 11.4 Å². The maximum Gasteiger partial charge on any atom is 0.261 e. The lowest BCUT2D eigenvalue weighted by molar-refractivity contribution is -0.122. The van der Waals surface area contributed by atoms with Crippen molar-refractivity contribution in [3.8, 4) is 0 Å². The van der Waals surface area contributed by atoms with Crippen molar-refractivity contribution in [1.29, 1.82) is 0 Å². The summed E-state index contributed by atoms with van der Waals surface area (Å²) in [5.74, 6) is -0.351. The quantitative estimate of drug-likeness (QED) is 0.724. The number of aromatic nitrogens is 2. The number of nitrogens with zero attached hydrogens (tertiary/aromatic N) is 2. The number of aryl methyl sites for hydroxylation is 2. The van der Waals surface area contributed by atoms with Gasteiger partial charge in [-0.2, -0.15) is 0 Å². The smallest absolute Gasteiger partial charge is 0.261 e. The molecule has 8 heteroatoms. The minimum Gasteiger partial charge on any atom is -0.340 e. The van der Waals surface area contributed by atoms with Gasteiger partial charge in [0, 0.05) is 11.4 Å². The highest BCUT2D eigenvalue weighted by atomic mass is 32.1. The molecular formula is C14H17N5O2S. The Morgan fingerprint density at radius 3 is 2.50 bits per heavy atom. The molecule has 0 saturated heterocycles. The van der Waals surface area contributed by atoms with Crippen molar-refractivity contribution in [2.24, 2.45) is 0 Å². The maximum absolute atomic E-state index is 12.0. The summed E-state index contributed by atoms with van der Waals surface area (Å²) >= 11 is 1.32. The number of hydrazine groups is 1. The molecule has 0 fully saturated rings. The number of hydrogen-bond acceptors (Lipinski definition) is 6. The Labute approximate surface area is 132 Å². The fraction of sp³-hybridized carbons (Fsp3) is 0.286. The Balaban J connectivity index is 1.87. The van der Waals surface area contributed by atoms with E-state index < -0.39 is 6.04 Å². The van der Waals surface area contributed by atoms with E-state index >= 15 is 0 Å². The molecule has 22 heavy (non-hydrogen) atoms. The van der Waals surface area contributed by atoms with Crippen molar-refractivity contribution in [1.82, 2.24) is 20.7 Å². The number of carbonyl (C=O) groups is 2. The van der Waals surface area contributed by atoms with Crippen LogP contribution in [-0.4, -0.2) is 27.8 Å². The molecule has 0 aromatic carbocycles. The summed E-state index contributed by atoms with van der Waals surface area (Å²) in [7, 11) is 0. The van der Waals surface area contributed by atoms with E-state index in [1.165, 1.54) is 11.3 Å². The third-order valence-electron chi connectivity index (χ3n) is 2.77. The number of nitrogens with one attached hydrogen (secondary N) is 3. The van der Waals surface area contributed by atoms with Crippen LogP contribution in [0.4, 0.5) is 5.95 Å². The molecule has 0 aliphatic heterocycles. The van der Waals surface area contributed by atoms with E-state index in [9.17, 15) is 9.59 Å². The van der Waals surface area contributed by atoms with Crippen LogP contribution in [0.3, 0.4) is 0 Å². The first kappa shape index (κ1) is 15.9. The molecule has 0 spiro atoms. The molecule has 7 nitrogen and oxygen atoms in total. The second kappa shape index (κ2) is 6.99. The first-order valence-corrected chi connectivity index (χ1v) is 7.56. The molecule has 2 amide bonds. The van der Waals surface area contributed by atoms with Crippen LogP contribution in [0.25, 0.3) is 0 Å². The second-order valence-electron chi connectivity index (χ2n) is 4.76. The number of hydrogen-bond donors (Lipinski definition) is 3. The highest BCUT2D eigenvalue weighted by Crippen LogP contribution is 2.08. The van der Waals surface area contributed by atoms with Gasteiger partial charge in [-0.25, -0.2) is 9.97 Å². The van der Waals surface area contributed by atoms with Gasteiger partial charge in [-0.05, 0) is 38.3 Å². The zero-order valence-electron chi connectivity index (χ0n) is 12.5. The van der Waals surface area contributed by atoms with Crippen LogP contribution in [-0.2, 0) is 4.79 Å².